The molecule has 0 saturated carbocycles. The van der Waals surface area contributed by atoms with Gasteiger partial charge in [0.25, 0.3) is 0 Å². The van der Waals surface area contributed by atoms with Gasteiger partial charge in [0.05, 0.1) is 12.0 Å². The van der Waals surface area contributed by atoms with Crippen molar-refractivity contribution in [1.29, 1.82) is 0 Å². The highest BCUT2D eigenvalue weighted by atomic mass is 79.9. The number of benzene rings is 1. The molecule has 0 spiro atoms. The fraction of sp³-hybridized carbons (Fsp3) is 0.231. The number of ether oxygens (including phenoxy) is 1. The number of thiophene rings is 1. The lowest BCUT2D eigenvalue weighted by Gasteiger charge is -2.12. The van der Waals surface area contributed by atoms with Gasteiger partial charge in [-0.25, -0.2) is 4.39 Å². The maximum atomic E-state index is 13.7. The van der Waals surface area contributed by atoms with Crippen molar-refractivity contribution >= 4 is 27.3 Å². The predicted octanol–water partition coefficient (Wildman–Crippen LogP) is 3.90. The highest BCUT2D eigenvalue weighted by Crippen LogP contribution is 2.32. The summed E-state index contributed by atoms with van der Waals surface area (Å²) in [5.41, 5.74) is 6.72. The van der Waals surface area contributed by atoms with Gasteiger partial charge in [-0.3, -0.25) is 0 Å². The number of methoxy groups -OCH3 is 1. The molecule has 1 aromatic carbocycles. The normalized spacial score (nSPS) is 12.4. The van der Waals surface area contributed by atoms with E-state index in [1.54, 1.807) is 13.2 Å². The van der Waals surface area contributed by atoms with E-state index in [2.05, 4.69) is 15.9 Å². The number of hydrogen-bond donors (Lipinski definition) is 1. The number of halogens is 2. The first-order valence-electron chi connectivity index (χ1n) is 5.42. The van der Waals surface area contributed by atoms with E-state index in [1.165, 1.54) is 17.4 Å². The zero-order valence-corrected chi connectivity index (χ0v) is 12.2. The van der Waals surface area contributed by atoms with Crippen molar-refractivity contribution in [1.82, 2.24) is 0 Å². The zero-order chi connectivity index (χ0) is 13.1. The Balaban J connectivity index is 2.18. The summed E-state index contributed by atoms with van der Waals surface area (Å²) < 4.78 is 19.7. The van der Waals surface area contributed by atoms with Crippen LogP contribution in [0.15, 0.2) is 34.1 Å². The van der Waals surface area contributed by atoms with Crippen molar-refractivity contribution < 1.29 is 9.13 Å². The fourth-order valence-corrected chi connectivity index (χ4v) is 2.96. The van der Waals surface area contributed by atoms with Crippen LogP contribution in [0.1, 0.15) is 16.5 Å². The van der Waals surface area contributed by atoms with Crippen LogP contribution in [-0.4, -0.2) is 7.11 Å². The van der Waals surface area contributed by atoms with Crippen LogP contribution >= 0.6 is 27.3 Å². The van der Waals surface area contributed by atoms with Gasteiger partial charge in [-0.1, -0.05) is 22.0 Å². The lowest BCUT2D eigenvalue weighted by molar-refractivity contribution is 0.408. The Hall–Kier alpha value is -0.910. The van der Waals surface area contributed by atoms with Crippen LogP contribution in [0.25, 0.3) is 0 Å². The SMILES string of the molecule is COc1ccsc1C(N)Cc1ccc(Br)cc1F. The van der Waals surface area contributed by atoms with Crippen LogP contribution in [0.5, 0.6) is 5.75 Å². The van der Waals surface area contributed by atoms with Crippen molar-refractivity contribution in [3.8, 4) is 5.75 Å². The summed E-state index contributed by atoms with van der Waals surface area (Å²) in [5.74, 6) is 0.528. The van der Waals surface area contributed by atoms with Crippen molar-refractivity contribution in [2.75, 3.05) is 7.11 Å². The van der Waals surface area contributed by atoms with Gasteiger partial charge in [0, 0.05) is 10.5 Å². The molecule has 0 amide bonds. The van der Waals surface area contributed by atoms with Gasteiger partial charge in [-0.15, -0.1) is 11.3 Å². The van der Waals surface area contributed by atoms with Gasteiger partial charge in [0.15, 0.2) is 0 Å². The van der Waals surface area contributed by atoms with Crippen LogP contribution in [0.3, 0.4) is 0 Å². The monoisotopic (exact) mass is 329 g/mol. The summed E-state index contributed by atoms with van der Waals surface area (Å²) >= 11 is 4.76. The highest BCUT2D eigenvalue weighted by Gasteiger charge is 2.16. The molecule has 0 radical (unpaired) electrons. The molecule has 0 aliphatic heterocycles. The van der Waals surface area contributed by atoms with E-state index in [9.17, 15) is 4.39 Å². The second-order valence-electron chi connectivity index (χ2n) is 3.90. The fourth-order valence-electron chi connectivity index (χ4n) is 1.76. The molecule has 1 atom stereocenters. The van der Waals surface area contributed by atoms with Crippen molar-refractivity contribution in [3.05, 3.63) is 50.4 Å². The van der Waals surface area contributed by atoms with E-state index >= 15 is 0 Å². The molecule has 0 aliphatic carbocycles. The Morgan fingerprint density at radius 3 is 2.89 bits per heavy atom. The second kappa shape index (κ2) is 5.82. The average molecular weight is 330 g/mol. The molecule has 0 saturated heterocycles. The number of rotatable bonds is 4. The molecule has 2 rings (SSSR count). The van der Waals surface area contributed by atoms with Gasteiger partial charge in [-0.2, -0.15) is 0 Å². The largest absolute Gasteiger partial charge is 0.496 e. The van der Waals surface area contributed by atoms with Gasteiger partial charge in [-0.05, 0) is 35.6 Å². The third-order valence-electron chi connectivity index (χ3n) is 2.67. The Labute approximate surface area is 118 Å². The molecule has 18 heavy (non-hydrogen) atoms. The van der Waals surface area contributed by atoms with Crippen LogP contribution in [-0.2, 0) is 6.42 Å². The molecule has 0 aliphatic rings. The van der Waals surface area contributed by atoms with Crippen molar-refractivity contribution in [2.45, 2.75) is 12.5 Å². The maximum absolute atomic E-state index is 13.7. The van der Waals surface area contributed by atoms with E-state index in [-0.39, 0.29) is 11.9 Å². The minimum absolute atomic E-state index is 0.240. The van der Waals surface area contributed by atoms with Crippen LogP contribution in [0.2, 0.25) is 0 Å². The topological polar surface area (TPSA) is 35.2 Å². The van der Waals surface area contributed by atoms with Gasteiger partial charge in [0.2, 0.25) is 0 Å². The predicted molar refractivity (Wildman–Crippen MR) is 75.6 cm³/mol. The summed E-state index contributed by atoms with van der Waals surface area (Å²) in [7, 11) is 1.61. The Bertz CT molecular complexity index is 544. The molecule has 96 valence electrons. The molecule has 1 unspecified atom stereocenters. The molecule has 2 N–H and O–H groups in total. The Morgan fingerprint density at radius 1 is 1.44 bits per heavy atom. The molecule has 2 aromatic rings. The molecular weight excluding hydrogens is 317 g/mol. The standard InChI is InChI=1S/C13H13BrFNOS/c1-17-12-4-5-18-13(12)11(16)6-8-2-3-9(14)7-10(8)15/h2-5,7,11H,6,16H2,1H3. The lowest BCUT2D eigenvalue weighted by Crippen LogP contribution is -2.13. The summed E-state index contributed by atoms with van der Waals surface area (Å²) in [6.45, 7) is 0. The molecular formula is C13H13BrFNOS. The first kappa shape index (κ1) is 13.5. The van der Waals surface area contributed by atoms with Gasteiger partial charge < -0.3 is 10.5 Å². The Kier molecular flexibility index (Phi) is 4.37. The summed E-state index contributed by atoms with van der Waals surface area (Å²) in [6.07, 6.45) is 0.454. The summed E-state index contributed by atoms with van der Waals surface area (Å²) in [6, 6.07) is 6.64. The zero-order valence-electron chi connectivity index (χ0n) is 9.82. The summed E-state index contributed by atoms with van der Waals surface area (Å²) in [5, 5.41) is 1.92. The third kappa shape index (κ3) is 2.91. The molecule has 2 nitrogen and oxygen atoms in total. The molecule has 0 fully saturated rings. The van der Waals surface area contributed by atoms with E-state index in [0.29, 0.717) is 12.0 Å². The smallest absolute Gasteiger partial charge is 0.134 e. The van der Waals surface area contributed by atoms with E-state index in [1.807, 2.05) is 17.5 Å². The lowest BCUT2D eigenvalue weighted by atomic mass is 10.0. The number of nitrogens with two attached hydrogens (primary N) is 1. The van der Waals surface area contributed by atoms with Gasteiger partial charge in [0.1, 0.15) is 11.6 Å². The van der Waals surface area contributed by atoms with Crippen LogP contribution < -0.4 is 10.5 Å². The maximum Gasteiger partial charge on any atom is 0.134 e. The van der Waals surface area contributed by atoms with Crippen LogP contribution in [0, 0.1) is 5.82 Å². The van der Waals surface area contributed by atoms with Crippen molar-refractivity contribution in [3.63, 3.8) is 0 Å². The van der Waals surface area contributed by atoms with E-state index in [0.717, 1.165) is 15.1 Å². The van der Waals surface area contributed by atoms with Gasteiger partial charge >= 0.3 is 0 Å². The highest BCUT2D eigenvalue weighted by molar-refractivity contribution is 9.10. The first-order valence-corrected chi connectivity index (χ1v) is 7.10. The van der Waals surface area contributed by atoms with E-state index in [4.69, 9.17) is 10.5 Å². The minimum atomic E-state index is -0.254. The molecule has 1 heterocycles. The average Bonchev–Trinajstić information content (AvgIpc) is 2.81. The molecule has 1 aromatic heterocycles. The first-order chi connectivity index (χ1) is 8.61. The number of hydrogen-bond acceptors (Lipinski definition) is 3. The van der Waals surface area contributed by atoms with Crippen LogP contribution in [0.4, 0.5) is 4.39 Å². The third-order valence-corrected chi connectivity index (χ3v) is 4.19. The van der Waals surface area contributed by atoms with E-state index < -0.39 is 0 Å². The quantitative estimate of drug-likeness (QED) is 0.923. The minimum Gasteiger partial charge on any atom is -0.496 e. The second-order valence-corrected chi connectivity index (χ2v) is 5.76. The van der Waals surface area contributed by atoms with Crippen molar-refractivity contribution in [2.24, 2.45) is 5.73 Å². The molecule has 5 heteroatoms. The molecule has 0 bridgehead atoms. The Morgan fingerprint density at radius 2 is 2.22 bits per heavy atom. The summed E-state index contributed by atoms with van der Waals surface area (Å²) in [4.78, 5) is 0.944.